The molecule has 0 aliphatic heterocycles. The number of halogens is 1. The number of carbonyl (C=O) groups is 1. The highest BCUT2D eigenvalue weighted by molar-refractivity contribution is 5.94. The molecule has 6 heteroatoms. The predicted molar refractivity (Wildman–Crippen MR) is 88.5 cm³/mol. The summed E-state index contributed by atoms with van der Waals surface area (Å²) in [4.78, 5) is 15.6. The van der Waals surface area contributed by atoms with Crippen LogP contribution in [0, 0.1) is 12.9 Å². The highest BCUT2D eigenvalue weighted by Crippen LogP contribution is 2.08. The van der Waals surface area contributed by atoms with Crippen LogP contribution in [0.5, 0.6) is 0 Å². The molecule has 122 valence electrons. The molecule has 1 N–H and O–H groups in total. The van der Waals surface area contributed by atoms with Crippen LogP contribution in [0.3, 0.4) is 0 Å². The van der Waals surface area contributed by atoms with Gasteiger partial charge in [0.05, 0.1) is 17.4 Å². The molecule has 0 fully saturated rings. The fourth-order valence-corrected chi connectivity index (χ4v) is 2.32. The summed E-state index contributed by atoms with van der Waals surface area (Å²) in [7, 11) is 0. The van der Waals surface area contributed by atoms with Crippen molar-refractivity contribution < 1.29 is 9.18 Å². The summed E-state index contributed by atoms with van der Waals surface area (Å²) in [5.41, 5.74) is 2.72. The maximum atomic E-state index is 13.1. The summed E-state index contributed by atoms with van der Waals surface area (Å²) in [6.45, 7) is 2.05. The van der Waals surface area contributed by atoms with Crippen molar-refractivity contribution in [2.45, 2.75) is 13.3 Å². The van der Waals surface area contributed by atoms with Gasteiger partial charge in [-0.1, -0.05) is 18.2 Å². The summed E-state index contributed by atoms with van der Waals surface area (Å²) in [6, 6.07) is 11.3. The summed E-state index contributed by atoms with van der Waals surface area (Å²) in [5.74, 6) is -0.819. The number of pyridine rings is 1. The first-order chi connectivity index (χ1) is 11.6. The number of para-hydroxylation sites is 1. The molecule has 0 aliphatic rings. The average molecular weight is 324 g/mol. The first kappa shape index (κ1) is 15.9. The Morgan fingerprint density at radius 3 is 2.79 bits per heavy atom. The van der Waals surface area contributed by atoms with Crippen molar-refractivity contribution in [1.82, 2.24) is 20.1 Å². The molecule has 0 spiro atoms. The molecule has 2 heterocycles. The third-order valence-electron chi connectivity index (χ3n) is 3.63. The second-order valence-corrected chi connectivity index (χ2v) is 5.47. The Labute approximate surface area is 139 Å². The topological polar surface area (TPSA) is 59.8 Å². The van der Waals surface area contributed by atoms with E-state index in [0.29, 0.717) is 24.1 Å². The van der Waals surface area contributed by atoms with E-state index in [0.717, 1.165) is 11.3 Å². The number of nitrogens with one attached hydrogen (secondary N) is 1. The van der Waals surface area contributed by atoms with Crippen molar-refractivity contribution >= 4 is 5.91 Å². The molecule has 0 saturated heterocycles. The van der Waals surface area contributed by atoms with Crippen LogP contribution in [-0.2, 0) is 6.42 Å². The summed E-state index contributed by atoms with van der Waals surface area (Å²) in [6.07, 6.45) is 5.62. The number of rotatable bonds is 5. The molecular formula is C18H17FN4O. The largest absolute Gasteiger partial charge is 0.352 e. The summed E-state index contributed by atoms with van der Waals surface area (Å²) in [5, 5.41) is 7.12. The number of aromatic nitrogens is 3. The molecule has 24 heavy (non-hydrogen) atoms. The molecule has 1 aromatic carbocycles. The third-order valence-corrected chi connectivity index (χ3v) is 3.63. The van der Waals surface area contributed by atoms with Gasteiger partial charge in [-0.2, -0.15) is 9.49 Å². The number of hydrogen-bond acceptors (Lipinski definition) is 3. The van der Waals surface area contributed by atoms with Gasteiger partial charge in [0.2, 0.25) is 5.95 Å². The number of hydrogen-bond donors (Lipinski definition) is 1. The summed E-state index contributed by atoms with van der Waals surface area (Å²) < 4.78 is 14.9. The number of nitrogens with zero attached hydrogens (tertiary/aromatic N) is 3. The number of amides is 1. The van der Waals surface area contributed by atoms with Crippen LogP contribution in [0.25, 0.3) is 5.69 Å². The molecule has 3 rings (SSSR count). The molecule has 0 bridgehead atoms. The minimum absolute atomic E-state index is 0.263. The van der Waals surface area contributed by atoms with Gasteiger partial charge in [-0.05, 0) is 37.1 Å². The lowest BCUT2D eigenvalue weighted by atomic mass is 10.2. The van der Waals surface area contributed by atoms with E-state index in [4.69, 9.17) is 0 Å². The van der Waals surface area contributed by atoms with Gasteiger partial charge in [0.25, 0.3) is 5.91 Å². The first-order valence-electron chi connectivity index (χ1n) is 7.63. The lowest BCUT2D eigenvalue weighted by Gasteiger charge is -2.05. The van der Waals surface area contributed by atoms with E-state index in [1.54, 1.807) is 17.8 Å². The quantitative estimate of drug-likeness (QED) is 0.734. The predicted octanol–water partition coefficient (Wildman–Crippen LogP) is 2.69. The molecule has 0 atom stereocenters. The molecule has 0 unspecified atom stereocenters. The van der Waals surface area contributed by atoms with E-state index in [1.165, 1.54) is 12.3 Å². The van der Waals surface area contributed by atoms with Gasteiger partial charge in [-0.15, -0.1) is 0 Å². The molecule has 0 saturated carbocycles. The van der Waals surface area contributed by atoms with E-state index >= 15 is 0 Å². The Kier molecular flexibility index (Phi) is 4.65. The second kappa shape index (κ2) is 7.04. The summed E-state index contributed by atoms with van der Waals surface area (Å²) >= 11 is 0. The van der Waals surface area contributed by atoms with E-state index < -0.39 is 5.95 Å². The van der Waals surface area contributed by atoms with Crippen molar-refractivity contribution in [2.24, 2.45) is 0 Å². The Morgan fingerprint density at radius 2 is 2.04 bits per heavy atom. The van der Waals surface area contributed by atoms with Gasteiger partial charge < -0.3 is 5.32 Å². The highest BCUT2D eigenvalue weighted by Gasteiger charge is 2.08. The first-order valence-corrected chi connectivity index (χ1v) is 7.63. The van der Waals surface area contributed by atoms with Gasteiger partial charge in [-0.3, -0.25) is 4.79 Å². The lowest BCUT2D eigenvalue weighted by Crippen LogP contribution is -2.26. The highest BCUT2D eigenvalue weighted by atomic mass is 19.1. The molecular weight excluding hydrogens is 307 g/mol. The van der Waals surface area contributed by atoms with E-state index in [9.17, 15) is 9.18 Å². The fourth-order valence-electron chi connectivity index (χ4n) is 2.32. The molecule has 1 amide bonds. The normalized spacial score (nSPS) is 10.6. The van der Waals surface area contributed by atoms with E-state index in [-0.39, 0.29) is 5.91 Å². The van der Waals surface area contributed by atoms with Crippen LogP contribution >= 0.6 is 0 Å². The fraction of sp³-hybridized carbons (Fsp3) is 0.167. The Balaban J connectivity index is 1.56. The van der Waals surface area contributed by atoms with Crippen molar-refractivity contribution in [3.63, 3.8) is 0 Å². The average Bonchev–Trinajstić information content (AvgIpc) is 3.07. The van der Waals surface area contributed by atoms with Crippen LogP contribution in [0.4, 0.5) is 4.39 Å². The Bertz CT molecular complexity index is 845. The van der Waals surface area contributed by atoms with Crippen LogP contribution in [-0.4, -0.2) is 27.2 Å². The van der Waals surface area contributed by atoms with Gasteiger partial charge in [0, 0.05) is 24.5 Å². The Morgan fingerprint density at radius 1 is 1.25 bits per heavy atom. The maximum Gasteiger partial charge on any atom is 0.252 e. The van der Waals surface area contributed by atoms with Crippen LogP contribution < -0.4 is 5.32 Å². The molecule has 0 aliphatic carbocycles. The number of carbonyl (C=O) groups excluding carboxylic acids is 1. The number of aryl methyl sites for hydroxylation is 1. The maximum absolute atomic E-state index is 13.1. The molecule has 2 aromatic heterocycles. The molecule has 0 radical (unpaired) electrons. The molecule has 3 aromatic rings. The van der Waals surface area contributed by atoms with Crippen molar-refractivity contribution in [3.8, 4) is 5.69 Å². The standard InChI is InChI=1S/C18H17FN4O/c1-13-9-15(11-21-17(13)19)18(24)20-8-7-14-10-22-23(12-14)16-5-3-2-4-6-16/h2-6,9-12H,7-8H2,1H3,(H,20,24). The smallest absolute Gasteiger partial charge is 0.252 e. The van der Waals surface area contributed by atoms with Crippen LogP contribution in [0.1, 0.15) is 21.5 Å². The minimum atomic E-state index is -0.556. The van der Waals surface area contributed by atoms with Crippen molar-refractivity contribution in [3.05, 3.63) is 77.6 Å². The van der Waals surface area contributed by atoms with Crippen molar-refractivity contribution in [1.29, 1.82) is 0 Å². The minimum Gasteiger partial charge on any atom is -0.352 e. The zero-order chi connectivity index (χ0) is 16.9. The zero-order valence-electron chi connectivity index (χ0n) is 13.2. The zero-order valence-corrected chi connectivity index (χ0v) is 13.2. The second-order valence-electron chi connectivity index (χ2n) is 5.47. The van der Waals surface area contributed by atoms with E-state index in [1.807, 2.05) is 36.5 Å². The SMILES string of the molecule is Cc1cc(C(=O)NCCc2cnn(-c3ccccc3)c2)cnc1F. The van der Waals surface area contributed by atoms with Crippen LogP contribution in [0.2, 0.25) is 0 Å². The van der Waals surface area contributed by atoms with Crippen LogP contribution in [0.15, 0.2) is 55.0 Å². The van der Waals surface area contributed by atoms with Gasteiger partial charge >= 0.3 is 0 Å². The third kappa shape index (κ3) is 3.65. The number of benzene rings is 1. The Hall–Kier alpha value is -3.02. The monoisotopic (exact) mass is 324 g/mol. The van der Waals surface area contributed by atoms with Gasteiger partial charge in [0.1, 0.15) is 0 Å². The molecule has 5 nitrogen and oxygen atoms in total. The van der Waals surface area contributed by atoms with Gasteiger partial charge in [0.15, 0.2) is 0 Å². The van der Waals surface area contributed by atoms with Crippen molar-refractivity contribution in [2.75, 3.05) is 6.54 Å². The lowest BCUT2D eigenvalue weighted by molar-refractivity contribution is 0.0953. The van der Waals surface area contributed by atoms with Gasteiger partial charge in [-0.25, -0.2) is 9.67 Å². The van der Waals surface area contributed by atoms with E-state index in [2.05, 4.69) is 15.4 Å².